The predicted octanol–water partition coefficient (Wildman–Crippen LogP) is 10.1. The van der Waals surface area contributed by atoms with Gasteiger partial charge in [-0.25, -0.2) is 60.7 Å². The second kappa shape index (κ2) is 28.4. The summed E-state index contributed by atoms with van der Waals surface area (Å²) < 4.78 is 256. The van der Waals surface area contributed by atoms with Gasteiger partial charge in [-0.3, -0.25) is 0 Å². The largest absolute Gasteiger partial charge is 1.00 e. The van der Waals surface area contributed by atoms with Gasteiger partial charge in [-0.1, -0.05) is 36.4 Å². The summed E-state index contributed by atoms with van der Waals surface area (Å²) >= 11 is 5.48. The van der Waals surface area contributed by atoms with Crippen LogP contribution in [-0.2, 0) is 42.0 Å². The Morgan fingerprint density at radius 1 is 0.408 bits per heavy atom. The first-order chi connectivity index (χ1) is 32.3. The van der Waals surface area contributed by atoms with E-state index in [2.05, 4.69) is 12.6 Å². The summed E-state index contributed by atoms with van der Waals surface area (Å²) in [7, 11) is -14.6. The van der Waals surface area contributed by atoms with Crippen LogP contribution in [0.15, 0.2) is 148 Å². The summed E-state index contributed by atoms with van der Waals surface area (Å²) in [4.78, 5) is 1.61. The molecule has 0 saturated carbocycles. The monoisotopic (exact) mass is 1170 g/mol. The molecule has 0 atom stereocenters. The molecule has 0 unspecified atom stereocenters. The van der Waals surface area contributed by atoms with E-state index in [1.165, 1.54) is 24.3 Å². The van der Waals surface area contributed by atoms with Gasteiger partial charge in [0.25, 0.3) is 0 Å². The van der Waals surface area contributed by atoms with Gasteiger partial charge >= 0.3 is 40.6 Å². The molecule has 382 valence electrons. The smallest absolute Gasteiger partial charge is 0.741 e. The average Bonchev–Trinajstić information content (AvgIpc) is 3.25. The number of rotatable bonds is 8. The second-order valence-corrected chi connectivity index (χ2v) is 20.7. The molecular weight excluding hydrogens is 1140 g/mol. The summed E-state index contributed by atoms with van der Waals surface area (Å²) in [6.07, 6.45) is 4.87. The van der Waals surface area contributed by atoms with Gasteiger partial charge in [-0.05, 0) is 43.0 Å². The molecule has 6 aromatic rings. The molecule has 0 heterocycles. The van der Waals surface area contributed by atoms with Gasteiger partial charge < -0.3 is 9.11 Å². The Morgan fingerprint density at radius 3 is 0.761 bits per heavy atom. The molecule has 6 nitrogen and oxygen atoms in total. The Hall–Kier alpha value is -3.23. The first-order valence-electron chi connectivity index (χ1n) is 17.8. The average molecular weight is 1170 g/mol. The van der Waals surface area contributed by atoms with Crippen LogP contribution in [0.3, 0.4) is 0 Å². The predicted molar refractivity (Wildman–Crippen MR) is 233 cm³/mol. The molecule has 0 N–H and O–H groups in total. The van der Waals surface area contributed by atoms with Crippen LogP contribution in [0.5, 0.6) is 0 Å². The first-order valence-corrected chi connectivity index (χ1v) is 26.4. The summed E-state index contributed by atoms with van der Waals surface area (Å²) in [5.74, 6) is -11.7. The van der Waals surface area contributed by atoms with Crippen molar-refractivity contribution in [1.29, 1.82) is 0 Å². The molecule has 0 aromatic heterocycles. The van der Waals surface area contributed by atoms with E-state index in [4.69, 9.17) is 25.9 Å². The SMILES string of the molecule is CS.CSc1c(F)cc([S+](c2ccccc2)c2cc(F)c(SC)c(F)c2)cc1F.Fc1cc([S+](c2ccccc2)c2cc(F)c(F)c(F)c2)cc(F)c1F.O=S(=O)([O-])C(F)(F)F.O=S(=O)([O-])C(F)(F)F.[Na+]. The van der Waals surface area contributed by atoms with Crippen molar-refractivity contribution in [2.45, 2.75) is 50.2 Å². The fraction of sp³-hybridized carbons (Fsp3) is 0.122. The van der Waals surface area contributed by atoms with Crippen molar-refractivity contribution in [2.75, 3.05) is 18.8 Å². The number of thioether (sulfide) groups is 2. The fourth-order valence-corrected chi connectivity index (χ4v) is 10.2. The van der Waals surface area contributed by atoms with Crippen molar-refractivity contribution in [2.24, 2.45) is 0 Å². The Bertz CT molecular complexity index is 2690. The number of alkyl halides is 6. The van der Waals surface area contributed by atoms with E-state index in [1.807, 2.05) is 0 Å². The zero-order valence-corrected chi connectivity index (χ0v) is 43.6. The van der Waals surface area contributed by atoms with Gasteiger partial charge in [-0.2, -0.15) is 39.0 Å². The van der Waals surface area contributed by atoms with Gasteiger partial charge in [0, 0.05) is 48.5 Å². The van der Waals surface area contributed by atoms with Crippen LogP contribution in [0.25, 0.3) is 0 Å². The Morgan fingerprint density at radius 2 is 0.592 bits per heavy atom. The molecule has 0 fully saturated rings. The Balaban J connectivity index is 0.000000526. The Labute approximate surface area is 436 Å². The van der Waals surface area contributed by atoms with E-state index < -0.39 is 111 Å². The van der Waals surface area contributed by atoms with Crippen LogP contribution in [0.4, 0.5) is 70.2 Å². The third kappa shape index (κ3) is 18.6. The van der Waals surface area contributed by atoms with Crippen molar-refractivity contribution in [3.05, 3.63) is 167 Å². The van der Waals surface area contributed by atoms with Gasteiger partial charge in [-0.15, -0.1) is 23.5 Å². The molecule has 0 radical (unpaired) electrons. The molecule has 0 bridgehead atoms. The topological polar surface area (TPSA) is 114 Å². The van der Waals surface area contributed by atoms with Crippen molar-refractivity contribution in [1.82, 2.24) is 0 Å². The quantitative estimate of drug-likeness (QED) is 0.0234. The minimum Gasteiger partial charge on any atom is -0.741 e. The van der Waals surface area contributed by atoms with E-state index in [1.54, 1.807) is 79.4 Å². The van der Waals surface area contributed by atoms with E-state index in [-0.39, 0.29) is 49.1 Å². The zero-order valence-electron chi connectivity index (χ0n) is 35.8. The van der Waals surface area contributed by atoms with Crippen molar-refractivity contribution in [3.8, 4) is 0 Å². The van der Waals surface area contributed by atoms with Crippen LogP contribution in [0.1, 0.15) is 0 Å². The van der Waals surface area contributed by atoms with Gasteiger partial charge in [0.2, 0.25) is 0 Å². The second-order valence-electron chi connectivity index (χ2n) is 12.3. The van der Waals surface area contributed by atoms with Crippen molar-refractivity contribution >= 4 is 78.2 Å². The van der Waals surface area contributed by atoms with Crippen LogP contribution in [0.2, 0.25) is 0 Å². The molecule has 0 aliphatic heterocycles. The van der Waals surface area contributed by atoms with E-state index in [9.17, 15) is 70.2 Å². The molecule has 6 aromatic carbocycles. The van der Waals surface area contributed by atoms with Crippen LogP contribution in [0, 0.1) is 58.2 Å². The number of hydrogen-bond donors (Lipinski definition) is 1. The van der Waals surface area contributed by atoms with Crippen molar-refractivity contribution < 1.29 is 126 Å². The summed E-state index contributed by atoms with van der Waals surface area (Å²) in [5.41, 5.74) is -11.3. The molecule has 6 rings (SSSR count). The molecule has 0 aliphatic rings. The third-order valence-corrected chi connectivity index (χ3v) is 14.8. The number of benzene rings is 6. The number of thiol groups is 1. The van der Waals surface area contributed by atoms with Crippen LogP contribution >= 0.6 is 36.2 Å². The maximum atomic E-state index is 14.4. The van der Waals surface area contributed by atoms with E-state index >= 15 is 0 Å². The van der Waals surface area contributed by atoms with E-state index in [0.29, 0.717) is 19.6 Å². The standard InChI is InChI=1S/C20H15F4S3.C18H9F6S.2CHF3O3S.CH4S.Na/c1-25-19-15(21)8-13(9-16(19)22)27(12-6-4-3-5-7-12)14-10-17(23)20(26-2)18(24)11-14;19-13-6-11(7-14(20)17(13)23)25(10-4-2-1-3-5-10)12-8-15(21)18(24)16(22)9-12;2*2-1(3,4)8(5,6)7;1-2;/h3-11H,1-2H3;1-9H;2*(H,5,6,7);2H,1H3;/q2*+1;;;;+1/p-2. The summed E-state index contributed by atoms with van der Waals surface area (Å²) in [6, 6.07) is 25.0. The van der Waals surface area contributed by atoms with E-state index in [0.717, 1.165) is 47.8 Å². The number of halogens is 16. The maximum absolute atomic E-state index is 14.4. The molecule has 0 spiro atoms. The van der Waals surface area contributed by atoms with Crippen LogP contribution < -0.4 is 29.6 Å². The fourth-order valence-electron chi connectivity index (χ4n) is 4.93. The van der Waals surface area contributed by atoms with Crippen molar-refractivity contribution in [3.63, 3.8) is 0 Å². The molecule has 71 heavy (non-hydrogen) atoms. The van der Waals surface area contributed by atoms with Gasteiger partial charge in [0.05, 0.1) is 31.6 Å². The third-order valence-electron chi connectivity index (χ3n) is 7.73. The zero-order chi connectivity index (χ0) is 53.7. The number of hydrogen-bond acceptors (Lipinski definition) is 9. The molecule has 0 saturated heterocycles. The first kappa shape index (κ1) is 65.8. The molecule has 0 aliphatic carbocycles. The van der Waals surface area contributed by atoms with Gasteiger partial charge in [0.15, 0.2) is 84.5 Å². The maximum Gasteiger partial charge on any atom is 1.00 e. The minimum atomic E-state index is -6.09. The Kier molecular flexibility index (Phi) is 26.4. The van der Waals surface area contributed by atoms with Crippen LogP contribution in [-0.4, -0.2) is 55.7 Å². The normalized spacial score (nSPS) is 11.4. The minimum absolute atomic E-state index is 0. The summed E-state index contributed by atoms with van der Waals surface area (Å²) in [5, 5.41) is 0. The van der Waals surface area contributed by atoms with Gasteiger partial charge in [0.1, 0.15) is 23.3 Å². The summed E-state index contributed by atoms with van der Waals surface area (Å²) in [6.45, 7) is 0. The molecular formula is C41H28F16NaO6S7+. The molecule has 30 heteroatoms. The molecule has 0 amide bonds.